The van der Waals surface area contributed by atoms with E-state index in [0.717, 1.165) is 6.61 Å². The second kappa shape index (κ2) is 9.91. The standard InChI is InChI=1S/C12H10P.C5H11O.Er/c1-3-7-11(8-4-1)13-12-9-5-2-6-10-12;1-2-3-4-5-6;/h1-10H;2-5H2,1H3;/q2*-1;+2. The molecule has 0 aliphatic heterocycles. The third-order valence-corrected chi connectivity index (χ3v) is 9.39. The predicted molar refractivity (Wildman–Crippen MR) is 84.5 cm³/mol. The Morgan fingerprint density at radius 3 is 1.90 bits per heavy atom. The molecule has 0 amide bonds. The Hall–Kier alpha value is 0.0768. The molecule has 112 valence electrons. The van der Waals surface area contributed by atoms with E-state index in [0.29, 0.717) is 0 Å². The second-order valence-corrected chi connectivity index (χ2v) is 10.1. The van der Waals surface area contributed by atoms with Gasteiger partial charge in [-0.25, -0.2) is 0 Å². The second-order valence-electron chi connectivity index (χ2n) is 4.46. The molecule has 2 aromatic carbocycles. The molecular weight excluding hydrogens is 418 g/mol. The minimum atomic E-state index is -0.311. The van der Waals surface area contributed by atoms with Gasteiger partial charge >= 0.3 is 142 Å². The van der Waals surface area contributed by atoms with Crippen molar-refractivity contribution in [2.75, 3.05) is 6.61 Å². The summed E-state index contributed by atoms with van der Waals surface area (Å²) >= 11 is 0.00994. The number of benzene rings is 2. The Balaban J connectivity index is 2.02. The molecule has 0 fully saturated rings. The molecule has 0 aromatic heterocycles. The quantitative estimate of drug-likeness (QED) is 0.442. The van der Waals surface area contributed by atoms with Crippen LogP contribution in [0.2, 0.25) is 0 Å². The summed E-state index contributed by atoms with van der Waals surface area (Å²) in [5, 5.41) is 2.86. The van der Waals surface area contributed by atoms with Crippen LogP contribution in [0.4, 0.5) is 0 Å². The van der Waals surface area contributed by atoms with Crippen LogP contribution in [0.5, 0.6) is 0 Å². The summed E-state index contributed by atoms with van der Waals surface area (Å²) in [6.45, 7) is 3.15. The Kier molecular flexibility index (Phi) is 8.15. The molecule has 0 bridgehead atoms. The summed E-state index contributed by atoms with van der Waals surface area (Å²) < 4.78 is 5.71. The van der Waals surface area contributed by atoms with E-state index in [9.17, 15) is 0 Å². The molecule has 0 aliphatic rings. The minimum absolute atomic E-state index is 0.00994. The molecule has 0 heterocycles. The van der Waals surface area contributed by atoms with Gasteiger partial charge in [0.2, 0.25) is 0 Å². The first-order chi connectivity index (χ1) is 9.92. The first kappa shape index (κ1) is 16.4. The summed E-state index contributed by atoms with van der Waals surface area (Å²) in [6.07, 6.45) is 3.72. The fraction of sp³-hybridized carbons (Fsp3) is 0.294. The first-order valence-electron chi connectivity index (χ1n) is 7.01. The van der Waals surface area contributed by atoms with Crippen LogP contribution in [0.1, 0.15) is 26.2 Å². The maximum absolute atomic E-state index is 6.02. The van der Waals surface area contributed by atoms with Crippen LogP contribution in [0.15, 0.2) is 60.7 Å². The van der Waals surface area contributed by atoms with E-state index >= 15 is 0 Å². The summed E-state index contributed by atoms with van der Waals surface area (Å²) in [6, 6.07) is 21.6. The van der Waals surface area contributed by atoms with Crippen molar-refractivity contribution in [3.8, 4) is 0 Å². The Bertz CT molecular complexity index is 435. The van der Waals surface area contributed by atoms with Gasteiger partial charge in [-0.05, 0) is 0 Å². The SMILES string of the molecule is CCCCC[O][Er][P](c1ccccc1)c1ccccc1. The molecule has 0 aliphatic carbocycles. The van der Waals surface area contributed by atoms with Crippen LogP contribution < -0.4 is 10.6 Å². The Morgan fingerprint density at radius 1 is 0.850 bits per heavy atom. The third kappa shape index (κ3) is 5.46. The maximum atomic E-state index is 6.02. The van der Waals surface area contributed by atoms with E-state index in [1.54, 1.807) is 0 Å². The zero-order valence-corrected chi connectivity index (χ0v) is 14.5. The van der Waals surface area contributed by atoms with Gasteiger partial charge in [0.25, 0.3) is 0 Å². The Labute approximate surface area is 141 Å². The predicted octanol–water partition coefficient (Wildman–Crippen LogP) is 4.24. The summed E-state index contributed by atoms with van der Waals surface area (Å²) in [5.41, 5.74) is 0. The van der Waals surface area contributed by atoms with Gasteiger partial charge in [0.05, 0.1) is 0 Å². The normalized spacial score (nSPS) is 11.1. The molecule has 2 rings (SSSR count). The van der Waals surface area contributed by atoms with Gasteiger partial charge in [-0.2, -0.15) is 0 Å². The Morgan fingerprint density at radius 2 is 1.40 bits per heavy atom. The van der Waals surface area contributed by atoms with E-state index in [2.05, 4.69) is 67.6 Å². The van der Waals surface area contributed by atoms with Gasteiger partial charge in [0.15, 0.2) is 0 Å². The van der Waals surface area contributed by atoms with Crippen molar-refractivity contribution in [1.29, 1.82) is 0 Å². The van der Waals surface area contributed by atoms with Crippen LogP contribution >= 0.6 is 3.41 Å². The van der Waals surface area contributed by atoms with E-state index in [4.69, 9.17) is 1.50 Å². The number of hydrogen-bond acceptors (Lipinski definition) is 1. The molecule has 3 heteroatoms. The monoisotopic (exact) mass is 438 g/mol. The van der Waals surface area contributed by atoms with Crippen molar-refractivity contribution in [2.45, 2.75) is 26.2 Å². The zero-order chi connectivity index (χ0) is 14.0. The van der Waals surface area contributed by atoms with Crippen LogP contribution in [0.25, 0.3) is 0 Å². The molecule has 2 aromatic rings. The van der Waals surface area contributed by atoms with Gasteiger partial charge < -0.3 is 0 Å². The summed E-state index contributed by atoms with van der Waals surface area (Å²) in [4.78, 5) is 0. The van der Waals surface area contributed by atoms with Crippen molar-refractivity contribution < 1.29 is 34.8 Å². The van der Waals surface area contributed by atoms with Crippen LogP contribution in [-0.4, -0.2) is 6.61 Å². The van der Waals surface area contributed by atoms with Crippen LogP contribution in [-0.2, 0) is 1.50 Å². The first-order valence-corrected chi connectivity index (χ1v) is 11.4. The average molecular weight is 440 g/mol. The number of unbranched alkanes of at least 4 members (excludes halogenated alkanes) is 2. The van der Waals surface area contributed by atoms with E-state index in [1.807, 2.05) is 0 Å². The van der Waals surface area contributed by atoms with Crippen LogP contribution in [0.3, 0.4) is 0 Å². The molecule has 1 nitrogen and oxygen atoms in total. The van der Waals surface area contributed by atoms with E-state index in [1.165, 1.54) is 29.9 Å². The summed E-state index contributed by atoms with van der Waals surface area (Å²) in [7, 11) is 0. The van der Waals surface area contributed by atoms with Crippen molar-refractivity contribution in [1.82, 2.24) is 0 Å². The van der Waals surface area contributed by atoms with E-state index < -0.39 is 0 Å². The molecule has 0 unspecified atom stereocenters. The van der Waals surface area contributed by atoms with Gasteiger partial charge in [0.1, 0.15) is 0 Å². The van der Waals surface area contributed by atoms with Crippen molar-refractivity contribution >= 4 is 14.0 Å². The van der Waals surface area contributed by atoms with Gasteiger partial charge in [-0.1, -0.05) is 0 Å². The fourth-order valence-electron chi connectivity index (χ4n) is 1.76. The third-order valence-electron chi connectivity index (χ3n) is 2.82. The molecule has 0 saturated carbocycles. The van der Waals surface area contributed by atoms with Gasteiger partial charge in [-0.3, -0.25) is 0 Å². The van der Waals surface area contributed by atoms with Crippen LogP contribution in [0, 0.1) is 33.3 Å². The topological polar surface area (TPSA) is 9.23 Å². The van der Waals surface area contributed by atoms with Gasteiger partial charge in [0, 0.05) is 0 Å². The fourth-order valence-corrected chi connectivity index (χ4v) is 7.44. The number of hydrogen-bond donors (Lipinski definition) is 0. The molecule has 0 atom stereocenters. The molecule has 20 heavy (non-hydrogen) atoms. The van der Waals surface area contributed by atoms with Crippen molar-refractivity contribution in [3.05, 3.63) is 60.7 Å². The molecular formula is C17H21ErOP. The van der Waals surface area contributed by atoms with Gasteiger partial charge in [-0.15, -0.1) is 0 Å². The molecule has 0 saturated heterocycles. The molecule has 0 spiro atoms. The average Bonchev–Trinajstić information content (AvgIpc) is 2.53. The summed E-state index contributed by atoms with van der Waals surface area (Å²) in [5.74, 6) is 0. The molecule has 0 radical (unpaired) electrons. The molecule has 0 N–H and O–H groups in total. The van der Waals surface area contributed by atoms with Crippen molar-refractivity contribution in [2.24, 2.45) is 0 Å². The van der Waals surface area contributed by atoms with E-state index in [-0.39, 0.29) is 36.7 Å². The van der Waals surface area contributed by atoms with Crippen molar-refractivity contribution in [3.63, 3.8) is 0 Å². The zero-order valence-electron chi connectivity index (χ0n) is 11.7. The number of rotatable bonds is 8.